The van der Waals surface area contributed by atoms with Gasteiger partial charge in [-0.15, -0.1) is 0 Å². The predicted octanol–water partition coefficient (Wildman–Crippen LogP) is 2.45. The number of rotatable bonds is 11. The number of alkyl halides is 1. The Bertz CT molecular complexity index is 900. The number of carbonyl (C=O) groups excluding carboxylic acids is 3. The van der Waals surface area contributed by atoms with Crippen molar-refractivity contribution >= 4 is 39.3 Å². The van der Waals surface area contributed by atoms with Crippen molar-refractivity contribution in [2.45, 2.75) is 68.0 Å². The highest BCUT2D eigenvalue weighted by Crippen LogP contribution is 2.60. The summed E-state index contributed by atoms with van der Waals surface area (Å²) in [5, 5.41) is 15.2. The number of hydrogen-bond donors (Lipinski definition) is 3. The average Bonchev–Trinajstić information content (AvgIpc) is 3.41. The number of hydrogen-bond acceptors (Lipinski definition) is 5. The molecule has 1 spiro atoms. The Morgan fingerprint density at radius 2 is 1.94 bits per heavy atom. The zero-order chi connectivity index (χ0) is 24.3. The number of likely N-dealkylation sites (tertiary alicyclic amines) is 1. The van der Waals surface area contributed by atoms with Crippen LogP contribution in [0.25, 0.3) is 0 Å². The Labute approximate surface area is 208 Å². The number of nitrogens with one attached hydrogen (secondary N) is 2. The summed E-state index contributed by atoms with van der Waals surface area (Å²) in [5.41, 5.74) is -0.381. The number of anilines is 1. The summed E-state index contributed by atoms with van der Waals surface area (Å²) in [6.45, 7) is 3.01. The highest BCUT2D eigenvalue weighted by atomic mass is 79.9. The number of unbranched alkanes of at least 4 members (excludes halogenated alkanes) is 3. The highest BCUT2D eigenvalue weighted by molar-refractivity contribution is 9.09. The van der Waals surface area contributed by atoms with Gasteiger partial charge in [-0.1, -0.05) is 53.9 Å². The van der Waals surface area contributed by atoms with Crippen molar-refractivity contribution in [1.82, 2.24) is 10.2 Å². The third-order valence-corrected chi connectivity index (χ3v) is 8.11. The van der Waals surface area contributed by atoms with Crippen LogP contribution in [-0.2, 0) is 19.1 Å². The number of fused-ring (bicyclic) bond motifs is 1. The molecule has 1 aromatic carbocycles. The molecule has 4 rings (SSSR count). The number of nitrogens with zero attached hydrogens (tertiary/aromatic N) is 1. The van der Waals surface area contributed by atoms with E-state index in [-0.39, 0.29) is 29.2 Å². The first-order valence-electron chi connectivity index (χ1n) is 12.3. The molecule has 0 saturated carbocycles. The number of halogens is 1. The van der Waals surface area contributed by atoms with E-state index < -0.39 is 29.6 Å². The van der Waals surface area contributed by atoms with E-state index in [0.29, 0.717) is 38.0 Å². The Morgan fingerprint density at radius 3 is 2.65 bits per heavy atom. The molecule has 0 radical (unpaired) electrons. The van der Waals surface area contributed by atoms with Gasteiger partial charge in [0.2, 0.25) is 17.7 Å². The number of ether oxygens (including phenoxy) is 1. The number of para-hydroxylation sites is 1. The lowest BCUT2D eigenvalue weighted by Gasteiger charge is -2.34. The molecule has 3 N–H and O–H groups in total. The van der Waals surface area contributed by atoms with Gasteiger partial charge in [-0.25, -0.2) is 0 Å². The molecule has 0 aliphatic carbocycles. The molecule has 34 heavy (non-hydrogen) atoms. The normalized spacial score (nSPS) is 31.6. The fraction of sp³-hybridized carbons (Fsp3) is 0.640. The van der Waals surface area contributed by atoms with Crippen molar-refractivity contribution in [2.24, 2.45) is 11.8 Å². The van der Waals surface area contributed by atoms with Crippen molar-refractivity contribution in [2.75, 3.05) is 25.0 Å². The van der Waals surface area contributed by atoms with Crippen LogP contribution in [0.2, 0.25) is 0 Å². The summed E-state index contributed by atoms with van der Waals surface area (Å²) in [4.78, 5) is 42.1. The lowest BCUT2D eigenvalue weighted by atomic mass is 9.70. The van der Waals surface area contributed by atoms with Gasteiger partial charge in [0.25, 0.3) is 0 Å². The van der Waals surface area contributed by atoms with E-state index in [2.05, 4.69) is 33.5 Å². The molecule has 3 unspecified atom stereocenters. The Balaban J connectivity index is 1.61. The van der Waals surface area contributed by atoms with Crippen molar-refractivity contribution in [1.29, 1.82) is 0 Å². The summed E-state index contributed by atoms with van der Waals surface area (Å²) in [7, 11) is 0. The zero-order valence-corrected chi connectivity index (χ0v) is 21.1. The minimum Gasteiger partial charge on any atom is -0.396 e. The van der Waals surface area contributed by atoms with Gasteiger partial charge in [0.1, 0.15) is 11.6 Å². The molecule has 2 bridgehead atoms. The van der Waals surface area contributed by atoms with Gasteiger partial charge in [-0.3, -0.25) is 14.4 Å². The molecule has 3 aliphatic rings. The molecule has 9 heteroatoms. The lowest BCUT2D eigenvalue weighted by Crippen LogP contribution is -2.56. The lowest BCUT2D eigenvalue weighted by molar-refractivity contribution is -0.141. The molecular weight excluding hydrogens is 502 g/mol. The third kappa shape index (κ3) is 4.50. The molecular formula is C25H34BrN3O5. The van der Waals surface area contributed by atoms with Gasteiger partial charge in [0.05, 0.1) is 17.9 Å². The van der Waals surface area contributed by atoms with Crippen LogP contribution in [0, 0.1) is 11.8 Å². The molecule has 0 aromatic heterocycles. The first-order valence-corrected chi connectivity index (χ1v) is 13.2. The van der Waals surface area contributed by atoms with Crippen molar-refractivity contribution in [3.05, 3.63) is 30.3 Å². The predicted molar refractivity (Wildman–Crippen MR) is 131 cm³/mol. The van der Waals surface area contributed by atoms with Crippen LogP contribution in [0.4, 0.5) is 5.69 Å². The molecule has 186 valence electrons. The summed E-state index contributed by atoms with van der Waals surface area (Å²) < 4.78 is 6.46. The summed E-state index contributed by atoms with van der Waals surface area (Å²) in [5.74, 6) is -2.10. The second-order valence-electron chi connectivity index (χ2n) is 9.48. The van der Waals surface area contributed by atoms with Gasteiger partial charge in [0.15, 0.2) is 0 Å². The Hall–Kier alpha value is -1.97. The number of aliphatic hydroxyl groups is 1. The SMILES string of the molecule is CCCCCNC(=O)C1N(CCCCO)C(=O)[C@@H]2[C@H](C(=O)Nc3ccccc3)[C@H]3OC12CC3Br. The second-order valence-corrected chi connectivity index (χ2v) is 10.7. The van der Waals surface area contributed by atoms with Gasteiger partial charge in [0, 0.05) is 30.2 Å². The maximum absolute atomic E-state index is 13.7. The van der Waals surface area contributed by atoms with Gasteiger partial charge < -0.3 is 25.4 Å². The van der Waals surface area contributed by atoms with E-state index in [4.69, 9.17) is 4.74 Å². The van der Waals surface area contributed by atoms with E-state index in [9.17, 15) is 19.5 Å². The van der Waals surface area contributed by atoms with Crippen LogP contribution in [0.5, 0.6) is 0 Å². The van der Waals surface area contributed by atoms with Gasteiger partial charge in [-0.05, 0) is 37.8 Å². The number of aliphatic hydroxyl groups excluding tert-OH is 1. The minimum absolute atomic E-state index is 0.0225. The van der Waals surface area contributed by atoms with E-state index in [1.807, 2.05) is 18.2 Å². The molecule has 3 heterocycles. The fourth-order valence-corrected chi connectivity index (χ4v) is 6.74. The van der Waals surface area contributed by atoms with Crippen LogP contribution in [0.3, 0.4) is 0 Å². The standard InChI is InChI=1S/C25H34BrN3O5/c1-2-3-7-12-27-23(32)21-25-15-17(26)20(34-25)18(22(31)28-16-10-5-4-6-11-16)19(25)24(33)29(21)13-8-9-14-30/h4-6,10-11,17-21,30H,2-3,7-9,12-15H2,1H3,(H,27,32)(H,28,31)/t17?,18-,19-,20-,21?,25?/m0/s1. The molecule has 6 atom stereocenters. The molecule has 1 aromatic rings. The van der Waals surface area contributed by atoms with Crippen LogP contribution in [0.1, 0.15) is 45.4 Å². The van der Waals surface area contributed by atoms with Crippen LogP contribution in [-0.4, -0.2) is 70.0 Å². The maximum atomic E-state index is 13.7. The van der Waals surface area contributed by atoms with Crippen molar-refractivity contribution in [3.63, 3.8) is 0 Å². The van der Waals surface area contributed by atoms with Crippen LogP contribution >= 0.6 is 15.9 Å². The molecule has 3 amide bonds. The molecule has 3 saturated heterocycles. The Morgan fingerprint density at radius 1 is 1.18 bits per heavy atom. The third-order valence-electron chi connectivity index (χ3n) is 7.27. The van der Waals surface area contributed by atoms with Crippen molar-refractivity contribution in [3.8, 4) is 0 Å². The Kier molecular flexibility index (Phi) is 7.94. The van der Waals surface area contributed by atoms with Crippen molar-refractivity contribution < 1.29 is 24.2 Å². The van der Waals surface area contributed by atoms with Crippen LogP contribution < -0.4 is 10.6 Å². The van der Waals surface area contributed by atoms with Gasteiger partial charge >= 0.3 is 0 Å². The largest absolute Gasteiger partial charge is 0.396 e. The summed E-state index contributed by atoms with van der Waals surface area (Å²) in [6.07, 6.45) is 4.06. The smallest absolute Gasteiger partial charge is 0.245 e. The molecule has 3 fully saturated rings. The number of benzene rings is 1. The zero-order valence-electron chi connectivity index (χ0n) is 19.5. The minimum atomic E-state index is -1.04. The highest BCUT2D eigenvalue weighted by Gasteiger charge is 2.76. The van der Waals surface area contributed by atoms with Gasteiger partial charge in [-0.2, -0.15) is 0 Å². The number of carbonyl (C=O) groups is 3. The van der Waals surface area contributed by atoms with E-state index in [1.54, 1.807) is 17.0 Å². The topological polar surface area (TPSA) is 108 Å². The maximum Gasteiger partial charge on any atom is 0.245 e. The van der Waals surface area contributed by atoms with E-state index >= 15 is 0 Å². The summed E-state index contributed by atoms with van der Waals surface area (Å²) >= 11 is 3.67. The monoisotopic (exact) mass is 535 g/mol. The average molecular weight is 536 g/mol. The number of amides is 3. The quantitative estimate of drug-likeness (QED) is 0.298. The first kappa shape index (κ1) is 25.1. The van der Waals surface area contributed by atoms with E-state index in [0.717, 1.165) is 19.3 Å². The first-order chi connectivity index (χ1) is 16.4. The van der Waals surface area contributed by atoms with E-state index in [1.165, 1.54) is 0 Å². The molecule has 8 nitrogen and oxygen atoms in total. The molecule has 3 aliphatic heterocycles. The fourth-order valence-electron chi connectivity index (χ4n) is 5.79. The van der Waals surface area contributed by atoms with Crippen LogP contribution in [0.15, 0.2) is 30.3 Å². The summed E-state index contributed by atoms with van der Waals surface area (Å²) in [6, 6.07) is 8.36. The second kappa shape index (κ2) is 10.7.